The van der Waals surface area contributed by atoms with E-state index >= 15 is 0 Å². The predicted octanol–water partition coefficient (Wildman–Crippen LogP) is 1.52. The van der Waals surface area contributed by atoms with Gasteiger partial charge in [-0.05, 0) is 31.5 Å². The lowest BCUT2D eigenvalue weighted by molar-refractivity contribution is 0.0600. The Morgan fingerprint density at radius 3 is 2.62 bits per heavy atom. The molecule has 0 heterocycles. The molecule has 1 rings (SSSR count). The quantitative estimate of drug-likeness (QED) is 0.797. The summed E-state index contributed by atoms with van der Waals surface area (Å²) in [7, 11) is -1.25. The second kappa shape index (κ2) is 7.22. The third kappa shape index (κ3) is 4.41. The van der Waals surface area contributed by atoms with Crippen molar-refractivity contribution >= 4 is 27.6 Å². The number of benzene rings is 1. The fourth-order valence-corrected chi connectivity index (χ4v) is 3.28. The van der Waals surface area contributed by atoms with E-state index in [1.807, 2.05) is 0 Å². The number of hydrogen-bond acceptors (Lipinski definition) is 5. The summed E-state index contributed by atoms with van der Waals surface area (Å²) < 4.78 is 30.5. The molecule has 0 aliphatic rings. The zero-order valence-corrected chi connectivity index (χ0v) is 13.6. The van der Waals surface area contributed by atoms with Crippen LogP contribution in [0.25, 0.3) is 0 Å². The number of ether oxygens (including phenoxy) is 1. The summed E-state index contributed by atoms with van der Waals surface area (Å²) in [5.74, 6) is -0.644. The van der Waals surface area contributed by atoms with E-state index in [0.29, 0.717) is 6.42 Å². The lowest BCUT2D eigenvalue weighted by Gasteiger charge is -2.19. The number of aliphatic hydroxyl groups excluding tert-OH is 1. The molecule has 0 aromatic heterocycles. The van der Waals surface area contributed by atoms with Crippen molar-refractivity contribution < 1.29 is 23.1 Å². The van der Waals surface area contributed by atoms with Crippen molar-refractivity contribution in [3.8, 4) is 0 Å². The zero-order valence-electron chi connectivity index (χ0n) is 12.0. The second-order valence-corrected chi connectivity index (χ2v) is 7.02. The number of methoxy groups -OCH3 is 1. The van der Waals surface area contributed by atoms with Gasteiger partial charge in [-0.15, -0.1) is 0 Å². The Balaban J connectivity index is 3.15. The minimum atomic E-state index is -3.85. The van der Waals surface area contributed by atoms with Gasteiger partial charge in [0, 0.05) is 13.6 Å². The van der Waals surface area contributed by atoms with E-state index in [0.717, 1.165) is 4.31 Å². The van der Waals surface area contributed by atoms with E-state index in [1.165, 1.54) is 32.4 Å². The van der Waals surface area contributed by atoms with Gasteiger partial charge in [-0.1, -0.05) is 11.6 Å². The minimum Gasteiger partial charge on any atom is -0.465 e. The fourth-order valence-electron chi connectivity index (χ4n) is 1.60. The largest absolute Gasteiger partial charge is 0.465 e. The van der Waals surface area contributed by atoms with Crippen molar-refractivity contribution in [3.63, 3.8) is 0 Å². The van der Waals surface area contributed by atoms with Crippen molar-refractivity contribution in [2.75, 3.05) is 20.7 Å². The first-order valence-corrected chi connectivity index (χ1v) is 8.04. The Kier molecular flexibility index (Phi) is 6.15. The first kappa shape index (κ1) is 17.9. The Labute approximate surface area is 129 Å². The van der Waals surface area contributed by atoms with E-state index in [9.17, 15) is 18.3 Å². The summed E-state index contributed by atoms with van der Waals surface area (Å²) in [4.78, 5) is 11.3. The highest BCUT2D eigenvalue weighted by molar-refractivity contribution is 7.89. The average molecular weight is 336 g/mol. The molecule has 0 radical (unpaired) electrons. The lowest BCUT2D eigenvalue weighted by Crippen LogP contribution is -2.30. The number of rotatable bonds is 6. The van der Waals surface area contributed by atoms with Gasteiger partial charge in [0.2, 0.25) is 10.0 Å². The van der Waals surface area contributed by atoms with Crippen molar-refractivity contribution in [2.24, 2.45) is 0 Å². The van der Waals surface area contributed by atoms with Crippen LogP contribution < -0.4 is 0 Å². The van der Waals surface area contributed by atoms with E-state index in [-0.39, 0.29) is 22.0 Å². The maximum absolute atomic E-state index is 12.4. The molecule has 1 N–H and O–H groups in total. The van der Waals surface area contributed by atoms with Gasteiger partial charge in [-0.2, -0.15) is 0 Å². The van der Waals surface area contributed by atoms with Gasteiger partial charge in [-0.3, -0.25) is 0 Å². The van der Waals surface area contributed by atoms with E-state index in [4.69, 9.17) is 11.6 Å². The molecule has 118 valence electrons. The number of carbonyl (C=O) groups excluding carboxylic acids is 1. The topological polar surface area (TPSA) is 83.9 Å². The van der Waals surface area contributed by atoms with E-state index in [2.05, 4.69) is 4.74 Å². The van der Waals surface area contributed by atoms with Crippen LogP contribution in [0.4, 0.5) is 0 Å². The van der Waals surface area contributed by atoms with Gasteiger partial charge in [0.15, 0.2) is 0 Å². The number of nitrogens with zero attached hydrogens (tertiary/aromatic N) is 1. The van der Waals surface area contributed by atoms with Crippen LogP contribution in [0, 0.1) is 0 Å². The number of aliphatic hydroxyl groups is 1. The van der Waals surface area contributed by atoms with Gasteiger partial charge in [0.05, 0.1) is 23.8 Å². The molecule has 21 heavy (non-hydrogen) atoms. The third-order valence-corrected chi connectivity index (χ3v) is 5.24. The van der Waals surface area contributed by atoms with Crippen molar-refractivity contribution in [2.45, 2.75) is 24.3 Å². The summed E-state index contributed by atoms with van der Waals surface area (Å²) in [6.45, 7) is 1.71. The first-order chi connectivity index (χ1) is 9.70. The van der Waals surface area contributed by atoms with Crippen molar-refractivity contribution in [3.05, 3.63) is 28.8 Å². The van der Waals surface area contributed by atoms with Crippen LogP contribution in [0.2, 0.25) is 5.02 Å². The molecule has 0 fully saturated rings. The number of esters is 1. The maximum Gasteiger partial charge on any atom is 0.337 e. The fraction of sp³-hybridized carbons (Fsp3) is 0.462. The monoisotopic (exact) mass is 335 g/mol. The second-order valence-electron chi connectivity index (χ2n) is 4.60. The van der Waals surface area contributed by atoms with Crippen LogP contribution in [-0.2, 0) is 14.8 Å². The van der Waals surface area contributed by atoms with Crippen LogP contribution >= 0.6 is 11.6 Å². The molecule has 1 unspecified atom stereocenters. The normalized spacial score (nSPS) is 13.2. The highest BCUT2D eigenvalue weighted by atomic mass is 35.5. The molecule has 0 amide bonds. The standard InChI is InChI=1S/C13H18ClNO5S/c1-9(16)6-7-15(2)21(18,19)12-8-10(13(17)20-3)4-5-11(12)14/h4-5,8-9,16H,6-7H2,1-3H3. The molecule has 1 atom stereocenters. The smallest absolute Gasteiger partial charge is 0.337 e. The van der Waals surface area contributed by atoms with Crippen LogP contribution in [-0.4, -0.2) is 50.6 Å². The third-order valence-electron chi connectivity index (χ3n) is 2.90. The number of carbonyl (C=O) groups is 1. The molecule has 1 aromatic carbocycles. The molecular formula is C13H18ClNO5S. The van der Waals surface area contributed by atoms with Crippen LogP contribution in [0.1, 0.15) is 23.7 Å². The number of sulfonamides is 1. The summed E-state index contributed by atoms with van der Waals surface area (Å²) >= 11 is 5.93. The van der Waals surface area contributed by atoms with Crippen molar-refractivity contribution in [1.82, 2.24) is 4.31 Å². The molecular weight excluding hydrogens is 318 g/mol. The number of halogens is 1. The van der Waals surface area contributed by atoms with Gasteiger partial charge >= 0.3 is 5.97 Å². The van der Waals surface area contributed by atoms with Gasteiger partial charge in [0.25, 0.3) is 0 Å². The molecule has 0 spiro atoms. The zero-order chi connectivity index (χ0) is 16.2. The molecule has 8 heteroatoms. The Morgan fingerprint density at radius 2 is 2.10 bits per heavy atom. The summed E-state index contributed by atoms with van der Waals surface area (Å²) in [5.41, 5.74) is 0.101. The maximum atomic E-state index is 12.4. The average Bonchev–Trinajstić information content (AvgIpc) is 2.43. The van der Waals surface area contributed by atoms with Crippen LogP contribution in [0.3, 0.4) is 0 Å². The Hall–Kier alpha value is -1.15. The van der Waals surface area contributed by atoms with Gasteiger partial charge in [-0.25, -0.2) is 17.5 Å². The van der Waals surface area contributed by atoms with Crippen molar-refractivity contribution in [1.29, 1.82) is 0 Å². The Bertz CT molecular complexity index is 615. The highest BCUT2D eigenvalue weighted by Crippen LogP contribution is 2.25. The number of hydrogen-bond donors (Lipinski definition) is 1. The molecule has 0 bridgehead atoms. The van der Waals surface area contributed by atoms with Gasteiger partial charge in [0.1, 0.15) is 4.90 Å². The SMILES string of the molecule is COC(=O)c1ccc(Cl)c(S(=O)(=O)N(C)CCC(C)O)c1. The molecule has 1 aromatic rings. The van der Waals surface area contributed by atoms with Crippen LogP contribution in [0.5, 0.6) is 0 Å². The summed E-state index contributed by atoms with van der Waals surface area (Å²) in [5, 5.41) is 9.25. The minimum absolute atomic E-state index is 0.0200. The molecule has 0 aliphatic carbocycles. The predicted molar refractivity (Wildman–Crippen MR) is 78.9 cm³/mol. The molecule has 6 nitrogen and oxygen atoms in total. The summed E-state index contributed by atoms with van der Waals surface area (Å²) in [6.07, 6.45) is -0.316. The lowest BCUT2D eigenvalue weighted by atomic mass is 10.2. The highest BCUT2D eigenvalue weighted by Gasteiger charge is 2.25. The summed E-state index contributed by atoms with van der Waals surface area (Å²) in [6, 6.07) is 3.91. The van der Waals surface area contributed by atoms with E-state index < -0.39 is 22.1 Å². The molecule has 0 saturated heterocycles. The Morgan fingerprint density at radius 1 is 1.48 bits per heavy atom. The molecule has 0 aliphatic heterocycles. The van der Waals surface area contributed by atoms with Gasteiger partial charge < -0.3 is 9.84 Å². The van der Waals surface area contributed by atoms with E-state index in [1.54, 1.807) is 6.92 Å². The van der Waals surface area contributed by atoms with Crippen LogP contribution in [0.15, 0.2) is 23.1 Å². The molecule has 0 saturated carbocycles. The first-order valence-electron chi connectivity index (χ1n) is 6.22.